The van der Waals surface area contributed by atoms with Crippen molar-refractivity contribution < 1.29 is 9.90 Å². The summed E-state index contributed by atoms with van der Waals surface area (Å²) < 4.78 is 0. The molecule has 1 aromatic rings. The number of likely N-dealkylation sites (tertiary alicyclic amines) is 1. The zero-order valence-electron chi connectivity index (χ0n) is 9.64. The second-order valence-electron chi connectivity index (χ2n) is 4.38. The van der Waals surface area contributed by atoms with E-state index in [-0.39, 0.29) is 18.6 Å². The van der Waals surface area contributed by atoms with Gasteiger partial charge in [-0.25, -0.2) is 4.98 Å². The highest BCUT2D eigenvalue weighted by Gasteiger charge is 2.34. The summed E-state index contributed by atoms with van der Waals surface area (Å²) in [6, 6.07) is 3.11. The lowest BCUT2D eigenvalue weighted by molar-refractivity contribution is 0.0648. The van der Waals surface area contributed by atoms with E-state index in [9.17, 15) is 9.90 Å². The maximum absolute atomic E-state index is 12.2. The quantitative estimate of drug-likeness (QED) is 0.816. The number of rotatable bonds is 2. The fraction of sp³-hybridized carbons (Fsp3) is 0.500. The van der Waals surface area contributed by atoms with Crippen LogP contribution < -0.4 is 0 Å². The van der Waals surface area contributed by atoms with Gasteiger partial charge in [-0.2, -0.15) is 0 Å². The lowest BCUT2D eigenvalue weighted by atomic mass is 10.0. The summed E-state index contributed by atoms with van der Waals surface area (Å²) in [5, 5.41) is 9.63. The first-order chi connectivity index (χ1) is 8.13. The van der Waals surface area contributed by atoms with Gasteiger partial charge in [-0.05, 0) is 24.5 Å². The molecule has 1 fully saturated rings. The molecular formula is C12H15ClN2O2. The van der Waals surface area contributed by atoms with E-state index in [1.165, 1.54) is 6.20 Å². The molecular weight excluding hydrogens is 240 g/mol. The Morgan fingerprint density at radius 3 is 3.12 bits per heavy atom. The number of carbonyl (C=O) groups is 1. The number of amides is 1. The Hall–Kier alpha value is -1.13. The van der Waals surface area contributed by atoms with Crippen molar-refractivity contribution in [3.8, 4) is 0 Å². The minimum atomic E-state index is -0.0885. The van der Waals surface area contributed by atoms with Gasteiger partial charge in [0.05, 0.1) is 12.6 Å². The first-order valence-electron chi connectivity index (χ1n) is 5.67. The number of carbonyl (C=O) groups excluding carboxylic acids is 1. The molecule has 92 valence electrons. The fourth-order valence-electron chi connectivity index (χ4n) is 2.24. The van der Waals surface area contributed by atoms with Crippen LogP contribution in [0.5, 0.6) is 0 Å². The van der Waals surface area contributed by atoms with Crippen molar-refractivity contribution in [1.82, 2.24) is 9.88 Å². The molecule has 4 nitrogen and oxygen atoms in total. The number of nitrogens with zero attached hydrogens (tertiary/aromatic N) is 2. The number of hydrogen-bond donors (Lipinski definition) is 1. The number of aliphatic hydroxyl groups is 1. The van der Waals surface area contributed by atoms with Crippen molar-refractivity contribution in [2.24, 2.45) is 5.92 Å². The molecule has 1 amide bonds. The van der Waals surface area contributed by atoms with Gasteiger partial charge in [0, 0.05) is 18.3 Å². The Balaban J connectivity index is 2.20. The molecule has 2 atom stereocenters. The van der Waals surface area contributed by atoms with Crippen LogP contribution in [0, 0.1) is 5.92 Å². The van der Waals surface area contributed by atoms with Crippen LogP contribution in [0.2, 0.25) is 5.15 Å². The molecule has 0 spiro atoms. The lowest BCUT2D eigenvalue weighted by Gasteiger charge is -2.25. The number of halogens is 1. The van der Waals surface area contributed by atoms with Crippen molar-refractivity contribution in [3.05, 3.63) is 29.0 Å². The van der Waals surface area contributed by atoms with Gasteiger partial charge in [0.15, 0.2) is 0 Å². The average molecular weight is 255 g/mol. The Kier molecular flexibility index (Phi) is 3.64. The lowest BCUT2D eigenvalue weighted by Crippen LogP contribution is -2.39. The molecule has 1 N–H and O–H groups in total. The normalized spacial score (nSPS) is 24.1. The number of aliphatic hydroxyl groups excluding tert-OH is 1. The van der Waals surface area contributed by atoms with Crippen molar-refractivity contribution in [1.29, 1.82) is 0 Å². The molecule has 17 heavy (non-hydrogen) atoms. The molecule has 2 heterocycles. The van der Waals surface area contributed by atoms with Crippen LogP contribution in [-0.4, -0.2) is 40.1 Å². The van der Waals surface area contributed by atoms with Crippen LogP contribution in [-0.2, 0) is 0 Å². The number of hydrogen-bond acceptors (Lipinski definition) is 3. The molecule has 0 aliphatic carbocycles. The van der Waals surface area contributed by atoms with Crippen LogP contribution in [0.1, 0.15) is 23.7 Å². The largest absolute Gasteiger partial charge is 0.394 e. The third-order valence-corrected chi connectivity index (χ3v) is 3.51. The Morgan fingerprint density at radius 2 is 2.47 bits per heavy atom. The van der Waals surface area contributed by atoms with Crippen molar-refractivity contribution in [2.75, 3.05) is 13.2 Å². The number of aromatic nitrogens is 1. The molecule has 1 aliphatic heterocycles. The Labute approximate surface area is 105 Å². The summed E-state index contributed by atoms with van der Waals surface area (Å²) in [6.45, 7) is 2.74. The van der Waals surface area contributed by atoms with Crippen LogP contribution >= 0.6 is 11.6 Å². The van der Waals surface area contributed by atoms with Gasteiger partial charge < -0.3 is 10.0 Å². The highest BCUT2D eigenvalue weighted by molar-refractivity contribution is 6.29. The Bertz CT molecular complexity index is 425. The SMILES string of the molecule is CC1CCN(C(=O)c2ccnc(Cl)c2)C1CO. The minimum absolute atomic E-state index is 0.00568. The summed E-state index contributed by atoms with van der Waals surface area (Å²) >= 11 is 5.76. The van der Waals surface area contributed by atoms with Gasteiger partial charge in [-0.15, -0.1) is 0 Å². The molecule has 1 aromatic heterocycles. The molecule has 2 rings (SSSR count). The third kappa shape index (κ3) is 2.42. The van der Waals surface area contributed by atoms with E-state index in [0.717, 1.165) is 6.42 Å². The maximum Gasteiger partial charge on any atom is 0.254 e. The number of pyridine rings is 1. The molecule has 0 bridgehead atoms. The standard InChI is InChI=1S/C12H15ClN2O2/c1-8-3-5-15(10(8)7-16)12(17)9-2-4-14-11(13)6-9/h2,4,6,8,10,16H,3,5,7H2,1H3. The summed E-state index contributed by atoms with van der Waals surface area (Å²) in [5.74, 6) is 0.249. The smallest absolute Gasteiger partial charge is 0.254 e. The molecule has 0 aromatic carbocycles. The van der Waals surface area contributed by atoms with Gasteiger partial charge in [0.25, 0.3) is 5.91 Å². The van der Waals surface area contributed by atoms with E-state index in [0.29, 0.717) is 23.2 Å². The fourth-order valence-corrected chi connectivity index (χ4v) is 2.41. The van der Waals surface area contributed by atoms with E-state index in [1.54, 1.807) is 17.0 Å². The molecule has 0 saturated carbocycles. The molecule has 0 radical (unpaired) electrons. The highest BCUT2D eigenvalue weighted by atomic mass is 35.5. The van der Waals surface area contributed by atoms with Gasteiger partial charge in [-0.3, -0.25) is 4.79 Å². The van der Waals surface area contributed by atoms with Crippen molar-refractivity contribution >= 4 is 17.5 Å². The van der Waals surface area contributed by atoms with E-state index in [4.69, 9.17) is 11.6 Å². The van der Waals surface area contributed by atoms with E-state index >= 15 is 0 Å². The van der Waals surface area contributed by atoms with Gasteiger partial charge in [0.2, 0.25) is 0 Å². The van der Waals surface area contributed by atoms with Crippen LogP contribution in [0.4, 0.5) is 0 Å². The first kappa shape index (κ1) is 12.3. The Morgan fingerprint density at radius 1 is 1.71 bits per heavy atom. The topological polar surface area (TPSA) is 53.4 Å². The van der Waals surface area contributed by atoms with E-state index in [2.05, 4.69) is 4.98 Å². The van der Waals surface area contributed by atoms with Crippen LogP contribution in [0.25, 0.3) is 0 Å². The van der Waals surface area contributed by atoms with Crippen LogP contribution in [0.3, 0.4) is 0 Å². The van der Waals surface area contributed by atoms with Gasteiger partial charge in [0.1, 0.15) is 5.15 Å². The average Bonchev–Trinajstić information content (AvgIpc) is 2.69. The van der Waals surface area contributed by atoms with Gasteiger partial charge >= 0.3 is 0 Å². The first-order valence-corrected chi connectivity index (χ1v) is 6.04. The van der Waals surface area contributed by atoms with Crippen molar-refractivity contribution in [3.63, 3.8) is 0 Å². The molecule has 1 saturated heterocycles. The predicted molar refractivity (Wildman–Crippen MR) is 64.9 cm³/mol. The summed E-state index contributed by atoms with van der Waals surface area (Å²) in [4.78, 5) is 17.8. The van der Waals surface area contributed by atoms with Crippen LogP contribution in [0.15, 0.2) is 18.3 Å². The third-order valence-electron chi connectivity index (χ3n) is 3.30. The predicted octanol–water partition coefficient (Wildman–Crippen LogP) is 1.58. The maximum atomic E-state index is 12.2. The molecule has 2 unspecified atom stereocenters. The summed E-state index contributed by atoms with van der Waals surface area (Å²) in [7, 11) is 0. The van der Waals surface area contributed by atoms with Crippen molar-refractivity contribution in [2.45, 2.75) is 19.4 Å². The molecule has 5 heteroatoms. The second-order valence-corrected chi connectivity index (χ2v) is 4.77. The zero-order chi connectivity index (χ0) is 12.4. The monoisotopic (exact) mass is 254 g/mol. The second kappa shape index (κ2) is 5.02. The molecule has 1 aliphatic rings. The summed E-state index contributed by atoms with van der Waals surface area (Å²) in [6.07, 6.45) is 2.44. The van der Waals surface area contributed by atoms with Gasteiger partial charge in [-0.1, -0.05) is 18.5 Å². The summed E-state index contributed by atoms with van der Waals surface area (Å²) in [5.41, 5.74) is 0.526. The van der Waals surface area contributed by atoms with E-state index in [1.807, 2.05) is 6.92 Å². The minimum Gasteiger partial charge on any atom is -0.394 e. The highest BCUT2D eigenvalue weighted by Crippen LogP contribution is 2.25. The zero-order valence-corrected chi connectivity index (χ0v) is 10.4. The van der Waals surface area contributed by atoms with E-state index < -0.39 is 0 Å².